The van der Waals surface area contributed by atoms with Crippen LogP contribution in [-0.4, -0.2) is 16.1 Å². The first-order valence-corrected chi connectivity index (χ1v) is 6.23. The van der Waals surface area contributed by atoms with Gasteiger partial charge < -0.3 is 9.84 Å². The topological polar surface area (TPSA) is 59.4 Å². The lowest BCUT2D eigenvalue weighted by Gasteiger charge is -2.08. The Bertz CT molecular complexity index is 611. The number of hydrogen-bond acceptors (Lipinski definition) is 3. The van der Waals surface area contributed by atoms with Gasteiger partial charge in [0, 0.05) is 22.3 Å². The molecule has 0 atom stereocenters. The molecule has 5 heteroatoms. The van der Waals surface area contributed by atoms with E-state index in [9.17, 15) is 4.79 Å². The van der Waals surface area contributed by atoms with Gasteiger partial charge in [0.25, 0.3) is 0 Å². The van der Waals surface area contributed by atoms with Crippen molar-refractivity contribution >= 4 is 28.0 Å². The predicted molar refractivity (Wildman–Crippen MR) is 75.1 cm³/mol. The summed E-state index contributed by atoms with van der Waals surface area (Å²) in [7, 11) is 0. The molecule has 0 unspecified atom stereocenters. The zero-order valence-electron chi connectivity index (χ0n) is 9.79. The van der Waals surface area contributed by atoms with Crippen molar-refractivity contribution in [2.75, 3.05) is 0 Å². The van der Waals surface area contributed by atoms with E-state index in [1.165, 1.54) is 6.08 Å². The summed E-state index contributed by atoms with van der Waals surface area (Å²) in [6, 6.07) is 8.90. The van der Waals surface area contributed by atoms with Crippen LogP contribution < -0.4 is 4.74 Å². The first-order valence-electron chi connectivity index (χ1n) is 5.43. The summed E-state index contributed by atoms with van der Waals surface area (Å²) >= 11 is 3.35. The minimum Gasteiger partial charge on any atom is -0.478 e. The Morgan fingerprint density at radius 3 is 2.89 bits per heavy atom. The van der Waals surface area contributed by atoms with Crippen molar-refractivity contribution in [3.8, 4) is 11.5 Å². The number of pyridine rings is 1. The van der Waals surface area contributed by atoms with E-state index in [1.54, 1.807) is 36.7 Å². The minimum absolute atomic E-state index is 0.555. The number of ether oxygens (including phenoxy) is 1. The molecule has 0 saturated heterocycles. The standard InChI is InChI=1S/C14H10BrNO3/c15-11-5-3-10(4-6-14(17)18)13(8-11)19-12-2-1-7-16-9-12/h1-9H,(H,17,18)/b6-4+. The number of hydrogen-bond donors (Lipinski definition) is 1. The highest BCUT2D eigenvalue weighted by Crippen LogP contribution is 2.29. The molecule has 0 bridgehead atoms. The maximum absolute atomic E-state index is 10.6. The van der Waals surface area contributed by atoms with Gasteiger partial charge in [-0.15, -0.1) is 0 Å². The van der Waals surface area contributed by atoms with Crippen molar-refractivity contribution in [3.63, 3.8) is 0 Å². The fraction of sp³-hybridized carbons (Fsp3) is 0. The highest BCUT2D eigenvalue weighted by Gasteiger charge is 2.04. The van der Waals surface area contributed by atoms with E-state index < -0.39 is 5.97 Å². The van der Waals surface area contributed by atoms with Gasteiger partial charge in [0.05, 0.1) is 6.20 Å². The van der Waals surface area contributed by atoms with Crippen molar-refractivity contribution < 1.29 is 14.6 Å². The maximum Gasteiger partial charge on any atom is 0.328 e. The third-order valence-electron chi connectivity index (χ3n) is 2.24. The molecule has 0 fully saturated rings. The molecule has 0 aliphatic rings. The van der Waals surface area contributed by atoms with Crippen LogP contribution in [0.25, 0.3) is 6.08 Å². The molecule has 19 heavy (non-hydrogen) atoms. The second-order valence-corrected chi connectivity index (χ2v) is 4.56. The van der Waals surface area contributed by atoms with Crippen molar-refractivity contribution in [1.29, 1.82) is 0 Å². The van der Waals surface area contributed by atoms with Gasteiger partial charge in [-0.2, -0.15) is 0 Å². The Morgan fingerprint density at radius 2 is 2.21 bits per heavy atom. The Labute approximate surface area is 118 Å². The zero-order valence-corrected chi connectivity index (χ0v) is 11.4. The van der Waals surface area contributed by atoms with E-state index in [0.29, 0.717) is 17.1 Å². The first-order chi connectivity index (χ1) is 9.15. The average molecular weight is 320 g/mol. The number of rotatable bonds is 4. The van der Waals surface area contributed by atoms with Gasteiger partial charge in [0.1, 0.15) is 11.5 Å². The Kier molecular flexibility index (Phi) is 4.30. The number of carboxylic acid groups (broad SMARTS) is 1. The smallest absolute Gasteiger partial charge is 0.328 e. The molecule has 2 aromatic rings. The lowest BCUT2D eigenvalue weighted by atomic mass is 10.2. The highest BCUT2D eigenvalue weighted by atomic mass is 79.9. The van der Waals surface area contributed by atoms with E-state index in [-0.39, 0.29) is 0 Å². The molecule has 0 saturated carbocycles. The third-order valence-corrected chi connectivity index (χ3v) is 2.74. The Hall–Kier alpha value is -2.14. The number of nitrogens with zero attached hydrogens (tertiary/aromatic N) is 1. The summed E-state index contributed by atoms with van der Waals surface area (Å²) < 4.78 is 6.53. The van der Waals surface area contributed by atoms with Gasteiger partial charge >= 0.3 is 5.97 Å². The van der Waals surface area contributed by atoms with Crippen molar-refractivity contribution in [1.82, 2.24) is 4.98 Å². The largest absolute Gasteiger partial charge is 0.478 e. The van der Waals surface area contributed by atoms with E-state index in [2.05, 4.69) is 20.9 Å². The molecule has 0 spiro atoms. The van der Waals surface area contributed by atoms with Crippen LogP contribution in [0.15, 0.2) is 53.3 Å². The Balaban J connectivity index is 2.32. The summed E-state index contributed by atoms with van der Waals surface area (Å²) in [5.74, 6) is 0.140. The molecule has 96 valence electrons. The average Bonchev–Trinajstić information content (AvgIpc) is 2.39. The molecule has 0 amide bonds. The normalized spacial score (nSPS) is 10.6. The number of carbonyl (C=O) groups is 1. The molecule has 4 nitrogen and oxygen atoms in total. The van der Waals surface area contributed by atoms with Crippen LogP contribution in [0.5, 0.6) is 11.5 Å². The molecule has 0 radical (unpaired) electrons. The van der Waals surface area contributed by atoms with Crippen LogP contribution in [0.2, 0.25) is 0 Å². The number of benzene rings is 1. The zero-order chi connectivity index (χ0) is 13.7. The van der Waals surface area contributed by atoms with Gasteiger partial charge in [0.2, 0.25) is 0 Å². The molecule has 0 aliphatic carbocycles. The third kappa shape index (κ3) is 3.93. The monoisotopic (exact) mass is 319 g/mol. The van der Waals surface area contributed by atoms with Gasteiger partial charge in [-0.05, 0) is 30.3 Å². The molecule has 1 aromatic carbocycles. The van der Waals surface area contributed by atoms with E-state index in [4.69, 9.17) is 9.84 Å². The number of aromatic nitrogens is 1. The molecular formula is C14H10BrNO3. The van der Waals surface area contributed by atoms with Crippen LogP contribution in [0.1, 0.15) is 5.56 Å². The van der Waals surface area contributed by atoms with Crippen LogP contribution in [-0.2, 0) is 4.79 Å². The van der Waals surface area contributed by atoms with Gasteiger partial charge in [-0.25, -0.2) is 4.79 Å². The second kappa shape index (κ2) is 6.15. The molecule has 0 aliphatic heterocycles. The van der Waals surface area contributed by atoms with Crippen molar-refractivity contribution in [3.05, 3.63) is 58.8 Å². The second-order valence-electron chi connectivity index (χ2n) is 3.64. The predicted octanol–water partition coefficient (Wildman–Crippen LogP) is 3.73. The molecule has 1 heterocycles. The summed E-state index contributed by atoms with van der Waals surface area (Å²) in [5, 5.41) is 8.66. The fourth-order valence-corrected chi connectivity index (χ4v) is 1.77. The van der Waals surface area contributed by atoms with E-state index >= 15 is 0 Å². The van der Waals surface area contributed by atoms with Crippen LogP contribution in [0, 0.1) is 0 Å². The number of aliphatic carboxylic acids is 1. The van der Waals surface area contributed by atoms with Crippen LogP contribution in [0.4, 0.5) is 0 Å². The quantitative estimate of drug-likeness (QED) is 0.872. The summed E-state index contributed by atoms with van der Waals surface area (Å²) in [6.07, 6.45) is 5.80. The molecule has 1 N–H and O–H groups in total. The first kappa shape index (κ1) is 13.3. The maximum atomic E-state index is 10.6. The van der Waals surface area contributed by atoms with Crippen molar-refractivity contribution in [2.45, 2.75) is 0 Å². The van der Waals surface area contributed by atoms with E-state index in [0.717, 1.165) is 10.5 Å². The molecule has 1 aromatic heterocycles. The van der Waals surface area contributed by atoms with Gasteiger partial charge in [0.15, 0.2) is 0 Å². The summed E-state index contributed by atoms with van der Waals surface area (Å²) in [4.78, 5) is 14.5. The Morgan fingerprint density at radius 1 is 1.37 bits per heavy atom. The lowest BCUT2D eigenvalue weighted by molar-refractivity contribution is -0.131. The SMILES string of the molecule is O=C(O)/C=C/c1ccc(Br)cc1Oc1cccnc1. The van der Waals surface area contributed by atoms with E-state index in [1.807, 2.05) is 6.07 Å². The molecular weight excluding hydrogens is 310 g/mol. The van der Waals surface area contributed by atoms with Gasteiger partial charge in [-0.3, -0.25) is 4.98 Å². The van der Waals surface area contributed by atoms with Crippen molar-refractivity contribution in [2.24, 2.45) is 0 Å². The summed E-state index contributed by atoms with van der Waals surface area (Å²) in [5.41, 5.74) is 0.675. The van der Waals surface area contributed by atoms with Crippen LogP contribution >= 0.6 is 15.9 Å². The lowest BCUT2D eigenvalue weighted by Crippen LogP contribution is -1.90. The minimum atomic E-state index is -1.00. The fourth-order valence-electron chi connectivity index (χ4n) is 1.43. The number of carboxylic acids is 1. The van der Waals surface area contributed by atoms with Crippen LogP contribution in [0.3, 0.4) is 0 Å². The highest BCUT2D eigenvalue weighted by molar-refractivity contribution is 9.10. The number of halogens is 1. The molecule has 2 rings (SSSR count). The summed E-state index contributed by atoms with van der Waals surface area (Å²) in [6.45, 7) is 0. The van der Waals surface area contributed by atoms with Gasteiger partial charge in [-0.1, -0.05) is 22.0 Å².